The molecule has 1 atom stereocenters. The fraction of sp³-hybridized carbons (Fsp3) is 0.353. The number of aryl methyl sites for hydroxylation is 1. The molecule has 1 aliphatic carbocycles. The Kier molecular flexibility index (Phi) is 3.41. The average molecular weight is 328 g/mol. The minimum atomic E-state index is -0.0437. The number of nitrogens with one attached hydrogen (secondary N) is 1. The molecule has 3 heterocycles. The molecule has 0 radical (unpaired) electrons. The highest BCUT2D eigenvalue weighted by Crippen LogP contribution is 2.35. The molecule has 118 valence electrons. The number of H-pyrrole nitrogens is 1. The Morgan fingerprint density at radius 3 is 3.22 bits per heavy atom. The highest BCUT2D eigenvalue weighted by atomic mass is 32.1. The van der Waals surface area contributed by atoms with Crippen LogP contribution in [0.1, 0.15) is 29.6 Å². The van der Waals surface area contributed by atoms with Crippen LogP contribution in [-0.2, 0) is 19.4 Å². The van der Waals surface area contributed by atoms with Gasteiger partial charge in [-0.15, -0.1) is 11.3 Å². The van der Waals surface area contributed by atoms with Crippen molar-refractivity contribution in [3.8, 4) is 5.75 Å². The summed E-state index contributed by atoms with van der Waals surface area (Å²) >= 11 is 1.66. The Bertz CT molecular complexity index is 945. The number of aromatic amines is 1. The van der Waals surface area contributed by atoms with Crippen molar-refractivity contribution in [2.24, 2.45) is 5.92 Å². The molecule has 23 heavy (non-hydrogen) atoms. The Morgan fingerprint density at radius 1 is 1.52 bits per heavy atom. The fourth-order valence-electron chi connectivity index (χ4n) is 3.25. The topological polar surface area (TPSA) is 69.9 Å². The van der Waals surface area contributed by atoms with Gasteiger partial charge in [0.05, 0.1) is 5.39 Å². The van der Waals surface area contributed by atoms with Gasteiger partial charge in [0, 0.05) is 10.9 Å². The van der Waals surface area contributed by atoms with Crippen LogP contribution in [0.25, 0.3) is 10.2 Å². The Morgan fingerprint density at radius 2 is 2.39 bits per heavy atom. The lowest BCUT2D eigenvalue weighted by molar-refractivity contribution is -0.689. The normalized spacial score (nSPS) is 17.3. The maximum Gasteiger partial charge on any atom is 0.260 e. The molecular formula is C17H18N3O2S+. The number of aromatic nitrogens is 3. The number of nitrogens with zero attached hydrogens (tertiary/aromatic N) is 2. The van der Waals surface area contributed by atoms with Gasteiger partial charge in [0.15, 0.2) is 17.8 Å². The highest BCUT2D eigenvalue weighted by molar-refractivity contribution is 7.18. The van der Waals surface area contributed by atoms with Gasteiger partial charge in [0.1, 0.15) is 4.83 Å². The van der Waals surface area contributed by atoms with E-state index in [1.807, 2.05) is 6.20 Å². The molecule has 4 rings (SSSR count). The first-order chi connectivity index (χ1) is 11.1. The van der Waals surface area contributed by atoms with Crippen LogP contribution in [0.5, 0.6) is 5.75 Å². The van der Waals surface area contributed by atoms with Gasteiger partial charge in [0.25, 0.3) is 5.56 Å². The molecule has 0 spiro atoms. The Labute approximate surface area is 137 Å². The lowest BCUT2D eigenvalue weighted by atomic mass is 9.89. The van der Waals surface area contributed by atoms with Crippen LogP contribution in [0, 0.1) is 5.92 Å². The summed E-state index contributed by atoms with van der Waals surface area (Å²) in [5.74, 6) is 1.48. The SMILES string of the molecule is C[C@H]1CCc2c(sc3nc(C[n+]4cccc(O)c4)[nH]c(=O)c23)C1. The van der Waals surface area contributed by atoms with Gasteiger partial charge >= 0.3 is 0 Å². The highest BCUT2D eigenvalue weighted by Gasteiger charge is 2.23. The molecule has 0 saturated heterocycles. The second-order valence-corrected chi connectivity index (χ2v) is 7.36. The summed E-state index contributed by atoms with van der Waals surface area (Å²) in [6.07, 6.45) is 6.61. The van der Waals surface area contributed by atoms with Gasteiger partial charge in [-0.3, -0.25) is 4.79 Å². The van der Waals surface area contributed by atoms with Crippen LogP contribution < -0.4 is 10.1 Å². The molecular weight excluding hydrogens is 310 g/mol. The zero-order valence-electron chi connectivity index (χ0n) is 12.9. The van der Waals surface area contributed by atoms with Gasteiger partial charge in [-0.25, -0.2) is 4.98 Å². The van der Waals surface area contributed by atoms with E-state index < -0.39 is 0 Å². The van der Waals surface area contributed by atoms with E-state index in [0.717, 1.165) is 29.5 Å². The molecule has 6 heteroatoms. The quantitative estimate of drug-likeness (QED) is 0.708. The molecule has 0 saturated carbocycles. The van der Waals surface area contributed by atoms with Gasteiger partial charge in [-0.1, -0.05) is 6.92 Å². The minimum Gasteiger partial charge on any atom is -0.503 e. The summed E-state index contributed by atoms with van der Waals surface area (Å²) in [7, 11) is 0. The summed E-state index contributed by atoms with van der Waals surface area (Å²) in [4.78, 5) is 22.2. The third kappa shape index (κ3) is 2.63. The van der Waals surface area contributed by atoms with Crippen molar-refractivity contribution in [2.45, 2.75) is 32.7 Å². The second-order valence-electron chi connectivity index (χ2n) is 6.28. The number of aromatic hydroxyl groups is 1. The molecule has 0 fully saturated rings. The van der Waals surface area contributed by atoms with Gasteiger partial charge < -0.3 is 10.1 Å². The molecule has 0 bridgehead atoms. The van der Waals surface area contributed by atoms with E-state index in [9.17, 15) is 9.90 Å². The summed E-state index contributed by atoms with van der Waals surface area (Å²) in [5.41, 5.74) is 1.16. The molecule has 0 aliphatic heterocycles. The molecule has 3 aromatic rings. The lowest BCUT2D eigenvalue weighted by Crippen LogP contribution is -2.34. The van der Waals surface area contributed by atoms with E-state index in [0.29, 0.717) is 18.3 Å². The van der Waals surface area contributed by atoms with Gasteiger partial charge in [-0.2, -0.15) is 4.57 Å². The molecule has 1 aliphatic rings. The van der Waals surface area contributed by atoms with E-state index in [4.69, 9.17) is 0 Å². The first-order valence-electron chi connectivity index (χ1n) is 7.81. The maximum atomic E-state index is 12.5. The third-order valence-corrected chi connectivity index (χ3v) is 5.54. The van der Waals surface area contributed by atoms with Crippen molar-refractivity contribution in [3.63, 3.8) is 0 Å². The van der Waals surface area contributed by atoms with Crippen LogP contribution in [0.4, 0.5) is 0 Å². The summed E-state index contributed by atoms with van der Waals surface area (Å²) < 4.78 is 1.80. The predicted molar refractivity (Wildman–Crippen MR) is 88.8 cm³/mol. The second kappa shape index (κ2) is 5.45. The smallest absolute Gasteiger partial charge is 0.260 e. The standard InChI is InChI=1S/C17H17N3O2S/c1-10-4-5-12-13(7-10)23-17-15(12)16(22)18-14(19-17)9-20-6-2-3-11(21)8-20/h2-3,6,8,10H,4-5,7,9H2,1H3,(H-,18,19,21,22)/p+1/t10-/m0/s1. The zero-order chi connectivity index (χ0) is 16.0. The Hall–Kier alpha value is -2.21. The molecule has 3 aromatic heterocycles. The van der Waals surface area contributed by atoms with Crippen LogP contribution in [0.2, 0.25) is 0 Å². The monoisotopic (exact) mass is 328 g/mol. The number of rotatable bonds is 2. The molecule has 0 unspecified atom stereocenters. The van der Waals surface area contributed by atoms with E-state index in [1.165, 1.54) is 10.4 Å². The molecule has 5 nitrogen and oxygen atoms in total. The van der Waals surface area contributed by atoms with Crippen LogP contribution in [0.15, 0.2) is 29.3 Å². The van der Waals surface area contributed by atoms with Crippen molar-refractivity contribution in [1.82, 2.24) is 9.97 Å². The van der Waals surface area contributed by atoms with Crippen molar-refractivity contribution < 1.29 is 9.67 Å². The van der Waals surface area contributed by atoms with Gasteiger partial charge in [-0.05, 0) is 36.8 Å². The average Bonchev–Trinajstić information content (AvgIpc) is 2.84. The minimum absolute atomic E-state index is 0.0437. The van der Waals surface area contributed by atoms with Crippen molar-refractivity contribution >= 4 is 21.6 Å². The largest absolute Gasteiger partial charge is 0.503 e. The molecule has 0 aromatic carbocycles. The van der Waals surface area contributed by atoms with E-state index >= 15 is 0 Å². The van der Waals surface area contributed by atoms with E-state index in [1.54, 1.807) is 34.2 Å². The lowest BCUT2D eigenvalue weighted by Gasteiger charge is -2.17. The van der Waals surface area contributed by atoms with Crippen LogP contribution in [-0.4, -0.2) is 15.1 Å². The predicted octanol–water partition coefficient (Wildman–Crippen LogP) is 2.15. The van der Waals surface area contributed by atoms with E-state index in [2.05, 4.69) is 16.9 Å². The van der Waals surface area contributed by atoms with Crippen LogP contribution in [0.3, 0.4) is 0 Å². The Balaban J connectivity index is 1.77. The summed E-state index contributed by atoms with van der Waals surface area (Å²) in [6, 6.07) is 3.38. The summed E-state index contributed by atoms with van der Waals surface area (Å²) in [5, 5.41) is 10.3. The molecule has 0 amide bonds. The maximum absolute atomic E-state index is 12.5. The number of pyridine rings is 1. The van der Waals surface area contributed by atoms with Crippen LogP contribution >= 0.6 is 11.3 Å². The van der Waals surface area contributed by atoms with Crippen molar-refractivity contribution in [3.05, 3.63) is 51.1 Å². The van der Waals surface area contributed by atoms with Gasteiger partial charge in [0.2, 0.25) is 12.7 Å². The van der Waals surface area contributed by atoms with E-state index in [-0.39, 0.29) is 11.3 Å². The third-order valence-electron chi connectivity index (χ3n) is 4.39. The first kappa shape index (κ1) is 14.4. The fourth-order valence-corrected chi connectivity index (χ4v) is 4.65. The number of thiophene rings is 1. The van der Waals surface area contributed by atoms with Crippen molar-refractivity contribution in [1.29, 1.82) is 0 Å². The number of hydrogen-bond acceptors (Lipinski definition) is 4. The molecule has 2 N–H and O–H groups in total. The number of hydrogen-bond donors (Lipinski definition) is 2. The zero-order valence-corrected chi connectivity index (χ0v) is 13.7. The summed E-state index contributed by atoms with van der Waals surface area (Å²) in [6.45, 7) is 2.69. The first-order valence-corrected chi connectivity index (χ1v) is 8.63. The number of fused-ring (bicyclic) bond motifs is 3. The van der Waals surface area contributed by atoms with Crippen molar-refractivity contribution in [2.75, 3.05) is 0 Å².